The smallest absolute Gasteiger partial charge is 0.239 e. The van der Waals surface area contributed by atoms with E-state index in [1.165, 1.54) is 12.0 Å². The Morgan fingerprint density at radius 1 is 0.532 bits per heavy atom. The highest BCUT2D eigenvalue weighted by molar-refractivity contribution is 6.39. The number of imide groups is 1. The maximum atomic E-state index is 16.0. The molecule has 5 aromatic carbocycles. The number of fused-ring (bicyclic) bond motifs is 5. The van der Waals surface area contributed by atoms with Crippen LogP contribution in [0.2, 0.25) is 0 Å². The summed E-state index contributed by atoms with van der Waals surface area (Å²) >= 11 is 0. The highest BCUT2D eigenvalue weighted by atomic mass is 16.5. The van der Waals surface area contributed by atoms with Crippen molar-refractivity contribution in [3.63, 3.8) is 0 Å². The van der Waals surface area contributed by atoms with Crippen molar-refractivity contribution in [3.05, 3.63) is 167 Å². The molecule has 0 aromatic heterocycles. The molecular formula is C42H33NO4. The Kier molecular flexibility index (Phi) is 6.45. The number of allylic oxidation sites excluding steroid dienone is 2. The summed E-state index contributed by atoms with van der Waals surface area (Å²) in [6.07, 6.45) is 0. The van der Waals surface area contributed by atoms with Crippen molar-refractivity contribution in [2.24, 2.45) is 11.8 Å². The number of Topliss-reactive ketones (excluding diaryl/α,β-unsaturated/α-hetero) is 1. The van der Waals surface area contributed by atoms with Gasteiger partial charge in [-0.2, -0.15) is 0 Å². The lowest BCUT2D eigenvalue weighted by molar-refractivity contribution is -0.130. The molecule has 5 nitrogen and oxygen atoms in total. The van der Waals surface area contributed by atoms with Crippen LogP contribution >= 0.6 is 0 Å². The number of para-hydroxylation sites is 2. The number of amides is 2. The maximum absolute atomic E-state index is 16.0. The fourth-order valence-corrected chi connectivity index (χ4v) is 8.62. The predicted molar refractivity (Wildman–Crippen MR) is 183 cm³/mol. The maximum Gasteiger partial charge on any atom is 0.239 e. The Labute approximate surface area is 274 Å². The molecule has 5 aromatic rings. The number of ketones is 1. The highest BCUT2D eigenvalue weighted by Crippen LogP contribution is 2.74. The van der Waals surface area contributed by atoms with E-state index in [1.54, 1.807) is 18.2 Å². The number of anilines is 1. The average molecular weight is 616 g/mol. The van der Waals surface area contributed by atoms with Crippen LogP contribution in [0.5, 0.6) is 5.75 Å². The molecule has 1 saturated carbocycles. The van der Waals surface area contributed by atoms with E-state index in [9.17, 15) is 0 Å². The Balaban J connectivity index is 1.56. The van der Waals surface area contributed by atoms with Gasteiger partial charge in [-0.1, -0.05) is 132 Å². The summed E-state index contributed by atoms with van der Waals surface area (Å²) in [6.45, 7) is 4.06. The molecule has 2 aliphatic carbocycles. The molecule has 2 fully saturated rings. The van der Waals surface area contributed by atoms with Crippen LogP contribution in [0, 0.1) is 25.7 Å². The SMILES string of the molecule is COc1ccccc1N1C(=O)[C@@H]2[C@H](C1=O)[C@]1(c3ccccc3)C(=O)[C@@]2(c2ccccc2)C(c2ccc(C)cc2)=C1c1ccc(C)cc1. The Hall–Kier alpha value is -5.55. The monoisotopic (exact) mass is 615 g/mol. The van der Waals surface area contributed by atoms with Crippen molar-refractivity contribution in [3.8, 4) is 5.75 Å². The topological polar surface area (TPSA) is 63.7 Å². The van der Waals surface area contributed by atoms with E-state index < -0.39 is 34.5 Å². The molecule has 3 aliphatic rings. The first-order valence-corrected chi connectivity index (χ1v) is 15.9. The van der Waals surface area contributed by atoms with Crippen molar-refractivity contribution < 1.29 is 19.1 Å². The standard InChI is InChI=1S/C42H33NO4/c1-26-18-22-28(23-19-26)34-35(29-24-20-27(2)21-25-29)42(31-14-8-5-9-15-31)37-36(41(34,40(42)46)30-12-6-4-7-13-30)38(44)43(39(37)45)32-16-10-11-17-33(32)47-3/h4-25,36-37H,1-3H3/t36-,37+,41-,42+. The quantitative estimate of drug-likeness (QED) is 0.186. The zero-order valence-electron chi connectivity index (χ0n) is 26.4. The molecule has 4 atom stereocenters. The van der Waals surface area contributed by atoms with Crippen molar-refractivity contribution in [2.45, 2.75) is 24.7 Å². The molecule has 230 valence electrons. The number of rotatable bonds is 6. The van der Waals surface area contributed by atoms with Gasteiger partial charge in [-0.05, 0) is 59.4 Å². The van der Waals surface area contributed by atoms with Gasteiger partial charge < -0.3 is 4.74 Å². The number of aryl methyl sites for hydroxylation is 2. The van der Waals surface area contributed by atoms with E-state index in [2.05, 4.69) is 0 Å². The van der Waals surface area contributed by atoms with E-state index in [1.807, 2.05) is 129 Å². The summed E-state index contributed by atoms with van der Waals surface area (Å²) < 4.78 is 5.67. The van der Waals surface area contributed by atoms with Crippen LogP contribution in [0.15, 0.2) is 133 Å². The molecule has 47 heavy (non-hydrogen) atoms. The number of benzene rings is 5. The average Bonchev–Trinajstić information content (AvgIpc) is 3.61. The van der Waals surface area contributed by atoms with Gasteiger partial charge in [0.15, 0.2) is 5.78 Å². The molecule has 1 aliphatic heterocycles. The van der Waals surface area contributed by atoms with Gasteiger partial charge >= 0.3 is 0 Å². The number of hydrogen-bond acceptors (Lipinski definition) is 4. The summed E-state index contributed by atoms with van der Waals surface area (Å²) in [5.74, 6) is -2.48. The van der Waals surface area contributed by atoms with Crippen LogP contribution in [0.3, 0.4) is 0 Å². The second kappa shape index (κ2) is 10.5. The van der Waals surface area contributed by atoms with Crippen LogP contribution in [0.1, 0.15) is 33.4 Å². The number of carbonyl (C=O) groups excluding carboxylic acids is 3. The van der Waals surface area contributed by atoms with Gasteiger partial charge in [0.1, 0.15) is 5.75 Å². The Bertz CT molecular complexity index is 1970. The third-order valence-electron chi connectivity index (χ3n) is 10.5. The third-order valence-corrected chi connectivity index (χ3v) is 10.5. The minimum Gasteiger partial charge on any atom is -0.495 e. The van der Waals surface area contributed by atoms with Crippen LogP contribution in [0.25, 0.3) is 11.1 Å². The summed E-state index contributed by atoms with van der Waals surface area (Å²) in [7, 11) is 1.53. The van der Waals surface area contributed by atoms with Crippen molar-refractivity contribution in [2.75, 3.05) is 12.0 Å². The van der Waals surface area contributed by atoms with E-state index >= 15 is 14.4 Å². The fraction of sp³-hybridized carbons (Fsp3) is 0.167. The van der Waals surface area contributed by atoms with Gasteiger partial charge in [0.05, 0.1) is 35.5 Å². The Morgan fingerprint density at radius 2 is 0.936 bits per heavy atom. The Morgan fingerprint density at radius 3 is 1.36 bits per heavy atom. The lowest BCUT2D eigenvalue weighted by atomic mass is 9.59. The lowest BCUT2D eigenvalue weighted by Crippen LogP contribution is -2.45. The normalized spacial score (nSPS) is 24.7. The number of methoxy groups -OCH3 is 1. The number of ether oxygens (including phenoxy) is 1. The first kappa shape index (κ1) is 28.9. The molecule has 5 heteroatoms. The summed E-state index contributed by atoms with van der Waals surface area (Å²) in [5.41, 5.74) is 4.35. The second-order valence-corrected chi connectivity index (χ2v) is 12.8. The van der Waals surface area contributed by atoms with E-state index in [4.69, 9.17) is 4.74 Å². The van der Waals surface area contributed by atoms with Crippen molar-refractivity contribution in [1.82, 2.24) is 0 Å². The van der Waals surface area contributed by atoms with E-state index in [-0.39, 0.29) is 5.78 Å². The minimum atomic E-state index is -1.44. The van der Waals surface area contributed by atoms with E-state index in [0.29, 0.717) is 22.6 Å². The zero-order valence-corrected chi connectivity index (χ0v) is 26.4. The molecule has 0 radical (unpaired) electrons. The highest BCUT2D eigenvalue weighted by Gasteiger charge is 2.82. The van der Waals surface area contributed by atoms with Gasteiger partial charge in [-0.15, -0.1) is 0 Å². The largest absolute Gasteiger partial charge is 0.495 e. The first-order valence-electron chi connectivity index (χ1n) is 15.9. The number of hydrogen-bond donors (Lipinski definition) is 0. The molecule has 1 heterocycles. The van der Waals surface area contributed by atoms with Gasteiger partial charge in [-0.3, -0.25) is 14.4 Å². The molecule has 0 unspecified atom stereocenters. The molecule has 2 amide bonds. The molecule has 1 saturated heterocycles. The third kappa shape index (κ3) is 3.68. The van der Waals surface area contributed by atoms with Crippen LogP contribution in [0.4, 0.5) is 5.69 Å². The lowest BCUT2D eigenvalue weighted by Gasteiger charge is -2.39. The molecule has 0 N–H and O–H groups in total. The van der Waals surface area contributed by atoms with E-state index in [0.717, 1.165) is 33.4 Å². The van der Waals surface area contributed by atoms with Crippen LogP contribution in [-0.2, 0) is 25.2 Å². The predicted octanol–water partition coefficient (Wildman–Crippen LogP) is 7.50. The van der Waals surface area contributed by atoms with Gasteiger partial charge in [0.2, 0.25) is 11.8 Å². The second-order valence-electron chi connectivity index (χ2n) is 12.8. The number of carbonyl (C=O) groups is 3. The minimum absolute atomic E-state index is 0.134. The first-order chi connectivity index (χ1) is 22.9. The molecule has 0 spiro atoms. The van der Waals surface area contributed by atoms with Crippen molar-refractivity contribution in [1.29, 1.82) is 0 Å². The van der Waals surface area contributed by atoms with Gasteiger partial charge in [0, 0.05) is 0 Å². The fourth-order valence-electron chi connectivity index (χ4n) is 8.62. The van der Waals surface area contributed by atoms with Crippen LogP contribution < -0.4 is 9.64 Å². The summed E-state index contributed by atoms with van der Waals surface area (Å²) in [4.78, 5) is 47.6. The van der Waals surface area contributed by atoms with Crippen molar-refractivity contribution >= 4 is 34.4 Å². The molecule has 2 bridgehead atoms. The van der Waals surface area contributed by atoms with Crippen LogP contribution in [-0.4, -0.2) is 24.7 Å². The van der Waals surface area contributed by atoms with Gasteiger partial charge in [-0.25, -0.2) is 4.90 Å². The summed E-state index contributed by atoms with van der Waals surface area (Å²) in [6, 6.07) is 42.6. The number of nitrogens with zero attached hydrogens (tertiary/aromatic N) is 1. The molecule has 8 rings (SSSR count). The molecular weight excluding hydrogens is 582 g/mol. The summed E-state index contributed by atoms with van der Waals surface area (Å²) in [5, 5.41) is 0. The van der Waals surface area contributed by atoms with Gasteiger partial charge in [0.25, 0.3) is 0 Å². The zero-order chi connectivity index (χ0) is 32.5.